The smallest absolute Gasteiger partial charge is 0.261 e. The van der Waals surface area contributed by atoms with E-state index in [2.05, 4.69) is 5.10 Å². The van der Waals surface area contributed by atoms with Crippen molar-refractivity contribution in [1.29, 1.82) is 0 Å². The van der Waals surface area contributed by atoms with E-state index in [1.54, 1.807) is 52.5 Å². The van der Waals surface area contributed by atoms with E-state index in [1.165, 1.54) is 38.7 Å². The highest BCUT2D eigenvalue weighted by atomic mass is 32.2. The molecule has 0 radical (unpaired) electrons. The van der Waals surface area contributed by atoms with Crippen LogP contribution in [0.5, 0.6) is 0 Å². The molecule has 180 valence electrons. The van der Waals surface area contributed by atoms with Gasteiger partial charge < -0.3 is 4.90 Å². The van der Waals surface area contributed by atoms with Gasteiger partial charge in [-0.15, -0.1) is 11.3 Å². The first kappa shape index (κ1) is 23.4. The van der Waals surface area contributed by atoms with Gasteiger partial charge in [0.15, 0.2) is 0 Å². The zero-order valence-corrected chi connectivity index (χ0v) is 20.6. The van der Waals surface area contributed by atoms with Crippen LogP contribution in [0, 0.1) is 5.82 Å². The summed E-state index contributed by atoms with van der Waals surface area (Å²) in [7, 11) is -1.81. The molecule has 0 bridgehead atoms. The maximum atomic E-state index is 14.5. The van der Waals surface area contributed by atoms with Crippen molar-refractivity contribution in [1.82, 2.24) is 14.1 Å². The van der Waals surface area contributed by atoms with E-state index in [0.29, 0.717) is 28.6 Å². The van der Waals surface area contributed by atoms with Gasteiger partial charge in [0, 0.05) is 43.5 Å². The summed E-state index contributed by atoms with van der Waals surface area (Å²) in [5.74, 6) is -1.10. The standard InChI is InChI=1S/C25H23FN4O3S2/c1-28-23-13-14-29(35(32,33)24-12-7-15-34-24)16-20(23)22(27-28)17-30(18-8-3-2-4-9-18)25(31)19-10-5-6-11-21(19)26/h2-12,15H,13-14,16-17H2,1H3. The molecule has 7 nitrogen and oxygen atoms in total. The molecule has 1 aliphatic heterocycles. The topological polar surface area (TPSA) is 75.5 Å². The SMILES string of the molecule is Cn1nc(CN(C(=O)c2ccccc2F)c2ccccc2)c2c1CCN(S(=O)(=O)c1cccs1)C2. The van der Waals surface area contributed by atoms with E-state index < -0.39 is 21.7 Å². The Labute approximate surface area is 207 Å². The molecule has 0 N–H and O–H groups in total. The number of aryl methyl sites for hydroxylation is 1. The third-order valence-corrected chi connectivity index (χ3v) is 9.32. The van der Waals surface area contributed by atoms with E-state index >= 15 is 0 Å². The molecule has 0 saturated heterocycles. The quantitative estimate of drug-likeness (QED) is 0.389. The van der Waals surface area contributed by atoms with Crippen LogP contribution in [0.1, 0.15) is 27.3 Å². The van der Waals surface area contributed by atoms with E-state index in [4.69, 9.17) is 0 Å². The largest absolute Gasteiger partial charge is 0.302 e. The molecule has 0 saturated carbocycles. The number of carbonyl (C=O) groups is 1. The van der Waals surface area contributed by atoms with E-state index in [-0.39, 0.29) is 18.7 Å². The molecule has 2 aromatic carbocycles. The highest BCUT2D eigenvalue weighted by Crippen LogP contribution is 2.30. The van der Waals surface area contributed by atoms with Crippen molar-refractivity contribution in [2.24, 2.45) is 7.05 Å². The highest BCUT2D eigenvalue weighted by Gasteiger charge is 2.33. The molecule has 10 heteroatoms. The van der Waals surface area contributed by atoms with Gasteiger partial charge in [0.05, 0.1) is 17.8 Å². The van der Waals surface area contributed by atoms with Crippen LogP contribution in [-0.4, -0.2) is 35.0 Å². The molecular weight excluding hydrogens is 487 g/mol. The molecule has 5 rings (SSSR count). The van der Waals surface area contributed by atoms with E-state index in [1.807, 2.05) is 13.1 Å². The summed E-state index contributed by atoms with van der Waals surface area (Å²) in [4.78, 5) is 15.0. The van der Waals surface area contributed by atoms with Crippen molar-refractivity contribution in [3.05, 3.63) is 100 Å². The average molecular weight is 511 g/mol. The van der Waals surface area contributed by atoms with Crippen molar-refractivity contribution in [2.75, 3.05) is 11.4 Å². The third-order valence-electron chi connectivity index (χ3n) is 6.10. The summed E-state index contributed by atoms with van der Waals surface area (Å²) in [5.41, 5.74) is 2.86. The lowest BCUT2D eigenvalue weighted by atomic mass is 10.1. The first-order valence-corrected chi connectivity index (χ1v) is 13.4. The molecular formula is C25H23FN4O3S2. The number of nitrogens with zero attached hydrogens (tertiary/aromatic N) is 4. The number of para-hydroxylation sites is 1. The van der Waals surface area contributed by atoms with Crippen LogP contribution >= 0.6 is 11.3 Å². The maximum absolute atomic E-state index is 14.5. The molecule has 0 fully saturated rings. The highest BCUT2D eigenvalue weighted by molar-refractivity contribution is 7.91. The molecule has 3 heterocycles. The molecule has 0 aliphatic carbocycles. The zero-order chi connectivity index (χ0) is 24.6. The fraction of sp³-hybridized carbons (Fsp3) is 0.200. The molecule has 4 aromatic rings. The van der Waals surface area contributed by atoms with Crippen LogP contribution in [0.3, 0.4) is 0 Å². The lowest BCUT2D eigenvalue weighted by molar-refractivity contribution is 0.0980. The lowest BCUT2D eigenvalue weighted by Crippen LogP contribution is -2.37. The Kier molecular flexibility index (Phi) is 6.26. The number of anilines is 1. The predicted octanol–water partition coefficient (Wildman–Crippen LogP) is 4.21. The maximum Gasteiger partial charge on any atom is 0.261 e. The van der Waals surface area contributed by atoms with Gasteiger partial charge in [0.1, 0.15) is 10.0 Å². The molecule has 1 amide bonds. The van der Waals surface area contributed by atoms with Crippen LogP contribution in [-0.2, 0) is 36.6 Å². The number of rotatable bonds is 6. The Bertz CT molecular complexity index is 1470. The number of thiophene rings is 1. The minimum Gasteiger partial charge on any atom is -0.302 e. The Morgan fingerprint density at radius 1 is 1.09 bits per heavy atom. The lowest BCUT2D eigenvalue weighted by Gasteiger charge is -2.27. The number of hydrogen-bond acceptors (Lipinski definition) is 5. The molecule has 0 spiro atoms. The Balaban J connectivity index is 1.51. The minimum atomic E-state index is -3.63. The van der Waals surface area contributed by atoms with Crippen molar-refractivity contribution in [3.63, 3.8) is 0 Å². The minimum absolute atomic E-state index is 0.0388. The first-order valence-electron chi connectivity index (χ1n) is 11.0. The summed E-state index contributed by atoms with van der Waals surface area (Å²) >= 11 is 1.19. The molecule has 0 unspecified atom stereocenters. The van der Waals surface area contributed by atoms with Gasteiger partial charge >= 0.3 is 0 Å². The number of amides is 1. The molecule has 2 aromatic heterocycles. The summed E-state index contributed by atoms with van der Waals surface area (Å²) in [6.45, 7) is 0.589. The van der Waals surface area contributed by atoms with E-state index in [9.17, 15) is 17.6 Å². The van der Waals surface area contributed by atoms with Crippen molar-refractivity contribution in [2.45, 2.75) is 23.7 Å². The molecule has 35 heavy (non-hydrogen) atoms. The van der Waals surface area contributed by atoms with Crippen LogP contribution < -0.4 is 4.90 Å². The van der Waals surface area contributed by atoms with Crippen LogP contribution in [0.25, 0.3) is 0 Å². The Morgan fingerprint density at radius 3 is 2.54 bits per heavy atom. The molecule has 1 aliphatic rings. The molecule has 0 atom stereocenters. The van der Waals surface area contributed by atoms with Gasteiger partial charge in [-0.2, -0.15) is 9.40 Å². The monoisotopic (exact) mass is 510 g/mol. The summed E-state index contributed by atoms with van der Waals surface area (Å²) in [6.07, 6.45) is 0.510. The normalized spacial score (nSPS) is 14.0. The van der Waals surface area contributed by atoms with Gasteiger partial charge in [-0.05, 0) is 35.7 Å². The van der Waals surface area contributed by atoms with Gasteiger partial charge in [-0.3, -0.25) is 9.48 Å². The second kappa shape index (κ2) is 9.37. The second-order valence-electron chi connectivity index (χ2n) is 8.22. The Morgan fingerprint density at radius 2 is 1.83 bits per heavy atom. The fourth-order valence-electron chi connectivity index (χ4n) is 4.33. The Hall–Kier alpha value is -3.34. The van der Waals surface area contributed by atoms with Crippen molar-refractivity contribution >= 4 is 33.0 Å². The number of carbonyl (C=O) groups excluding carboxylic acids is 1. The van der Waals surface area contributed by atoms with Crippen LogP contribution in [0.4, 0.5) is 10.1 Å². The van der Waals surface area contributed by atoms with Crippen molar-refractivity contribution in [3.8, 4) is 0 Å². The number of sulfonamides is 1. The number of hydrogen-bond donors (Lipinski definition) is 0. The number of halogens is 1. The summed E-state index contributed by atoms with van der Waals surface area (Å²) < 4.78 is 44.3. The first-order chi connectivity index (χ1) is 16.9. The van der Waals surface area contributed by atoms with Gasteiger partial charge in [0.2, 0.25) is 0 Å². The third kappa shape index (κ3) is 4.40. The second-order valence-corrected chi connectivity index (χ2v) is 11.3. The van der Waals surface area contributed by atoms with Gasteiger partial charge in [0.25, 0.3) is 15.9 Å². The zero-order valence-electron chi connectivity index (χ0n) is 19.0. The summed E-state index contributed by atoms with van der Waals surface area (Å²) in [5, 5.41) is 6.39. The average Bonchev–Trinajstić information content (AvgIpc) is 3.52. The van der Waals surface area contributed by atoms with Crippen LogP contribution in [0.2, 0.25) is 0 Å². The van der Waals surface area contributed by atoms with Crippen molar-refractivity contribution < 1.29 is 17.6 Å². The number of aromatic nitrogens is 2. The summed E-state index contributed by atoms with van der Waals surface area (Å²) in [6, 6.07) is 18.2. The van der Waals surface area contributed by atoms with E-state index in [0.717, 1.165) is 11.3 Å². The van der Waals surface area contributed by atoms with Gasteiger partial charge in [-0.25, -0.2) is 12.8 Å². The predicted molar refractivity (Wildman–Crippen MR) is 132 cm³/mol. The van der Waals surface area contributed by atoms with Crippen LogP contribution in [0.15, 0.2) is 76.3 Å². The van der Waals surface area contributed by atoms with Gasteiger partial charge in [-0.1, -0.05) is 36.4 Å². The fourth-order valence-corrected chi connectivity index (χ4v) is 6.89. The number of fused-ring (bicyclic) bond motifs is 1. The number of benzene rings is 2.